The number of anilines is 1. The quantitative estimate of drug-likeness (QED) is 0.393. The van der Waals surface area contributed by atoms with Crippen LogP contribution in [-0.4, -0.2) is 9.88 Å². The van der Waals surface area contributed by atoms with Gasteiger partial charge in [-0.15, -0.1) is 0 Å². The monoisotopic (exact) mass is 347 g/mol. The fraction of sp³-hybridized carbons (Fsp3) is 0.333. The van der Waals surface area contributed by atoms with Gasteiger partial charge in [-0.05, 0) is 17.7 Å². The predicted molar refractivity (Wildman–Crippen MR) is 74.1 cm³/mol. The second kappa shape index (κ2) is 6.58. The van der Waals surface area contributed by atoms with Crippen LogP contribution in [0.4, 0.5) is 10.5 Å². The van der Waals surface area contributed by atoms with E-state index in [1.807, 2.05) is 12.1 Å². The zero-order chi connectivity index (χ0) is 12.8. The van der Waals surface area contributed by atoms with Crippen LogP contribution in [0.1, 0.15) is 19.4 Å². The molecule has 0 aliphatic carbocycles. The molecule has 1 aromatic carbocycles. The highest BCUT2D eigenvalue weighted by Crippen LogP contribution is 2.12. The molecule has 0 aromatic heterocycles. The van der Waals surface area contributed by atoms with Gasteiger partial charge in [0.15, 0.2) is 0 Å². The van der Waals surface area contributed by atoms with Gasteiger partial charge in [-0.3, -0.25) is 9.59 Å². The first-order valence-corrected chi connectivity index (χ1v) is 6.29. The van der Waals surface area contributed by atoms with Crippen LogP contribution in [0.2, 0.25) is 0 Å². The minimum Gasteiger partial charge on any atom is -0.461 e. The Balaban J connectivity index is 2.51. The maximum atomic E-state index is 11.2. The first-order valence-electron chi connectivity index (χ1n) is 5.21. The fourth-order valence-corrected chi connectivity index (χ4v) is 1.43. The summed E-state index contributed by atoms with van der Waals surface area (Å²) in [4.78, 5) is 22.0. The summed E-state index contributed by atoms with van der Waals surface area (Å²) in [5, 5.41) is 2.66. The van der Waals surface area contributed by atoms with Crippen LogP contribution in [0.5, 0.6) is 0 Å². The van der Waals surface area contributed by atoms with Crippen molar-refractivity contribution in [2.45, 2.75) is 20.5 Å². The molecule has 0 radical (unpaired) electrons. The molecule has 1 N–H and O–H groups in total. The molecule has 0 saturated carbocycles. The van der Waals surface area contributed by atoms with Gasteiger partial charge in [0.05, 0.1) is 5.92 Å². The standard InChI is InChI=1S/C12H14INO3/c1-8(2)11(15)17-7-9-3-5-10(6-4-9)14-12(13)16/h3-6,8H,7H2,1-2H3,(H,14,16). The van der Waals surface area contributed by atoms with Gasteiger partial charge in [-0.25, -0.2) is 0 Å². The second-order valence-corrected chi connectivity index (χ2v) is 4.84. The van der Waals surface area contributed by atoms with Crippen molar-refractivity contribution in [3.8, 4) is 0 Å². The third-order valence-electron chi connectivity index (χ3n) is 2.05. The van der Waals surface area contributed by atoms with E-state index in [1.54, 1.807) is 48.6 Å². The smallest absolute Gasteiger partial charge is 0.308 e. The van der Waals surface area contributed by atoms with Crippen molar-refractivity contribution in [3.63, 3.8) is 0 Å². The molecule has 5 heteroatoms. The molecule has 0 aliphatic rings. The lowest BCUT2D eigenvalue weighted by Gasteiger charge is -2.07. The summed E-state index contributed by atoms with van der Waals surface area (Å²) in [5.74, 6) is -0.331. The highest BCUT2D eigenvalue weighted by molar-refractivity contribution is 14.1. The van der Waals surface area contributed by atoms with E-state index in [0.29, 0.717) is 0 Å². The molecule has 0 bridgehead atoms. The molecule has 1 rings (SSSR count). The van der Waals surface area contributed by atoms with Gasteiger partial charge in [0.25, 0.3) is 3.91 Å². The van der Waals surface area contributed by atoms with Crippen LogP contribution < -0.4 is 5.32 Å². The van der Waals surface area contributed by atoms with Crippen molar-refractivity contribution in [1.82, 2.24) is 0 Å². The highest BCUT2D eigenvalue weighted by Gasteiger charge is 2.08. The number of esters is 1. The van der Waals surface area contributed by atoms with E-state index >= 15 is 0 Å². The van der Waals surface area contributed by atoms with E-state index in [2.05, 4.69) is 5.32 Å². The van der Waals surface area contributed by atoms with Gasteiger partial charge in [0, 0.05) is 28.3 Å². The summed E-state index contributed by atoms with van der Waals surface area (Å²) < 4.78 is 4.95. The fourth-order valence-electron chi connectivity index (χ4n) is 1.12. The SMILES string of the molecule is CC(C)C(=O)OCc1ccc(NC(=O)I)cc1. The van der Waals surface area contributed by atoms with E-state index in [9.17, 15) is 9.59 Å². The number of rotatable bonds is 4. The lowest BCUT2D eigenvalue weighted by molar-refractivity contribution is -0.148. The van der Waals surface area contributed by atoms with Gasteiger partial charge in [-0.1, -0.05) is 26.0 Å². The number of ether oxygens (including phenoxy) is 1. The summed E-state index contributed by atoms with van der Waals surface area (Å²) >= 11 is 1.67. The van der Waals surface area contributed by atoms with Gasteiger partial charge in [-0.2, -0.15) is 0 Å². The largest absolute Gasteiger partial charge is 0.461 e. The molecule has 0 atom stereocenters. The summed E-state index contributed by atoms with van der Waals surface area (Å²) in [6, 6.07) is 7.18. The number of halogens is 1. The zero-order valence-corrected chi connectivity index (χ0v) is 11.9. The van der Waals surface area contributed by atoms with E-state index in [0.717, 1.165) is 11.3 Å². The molecule has 0 unspecified atom stereocenters. The molecule has 4 nitrogen and oxygen atoms in total. The van der Waals surface area contributed by atoms with E-state index in [4.69, 9.17) is 4.74 Å². The first kappa shape index (κ1) is 14.0. The van der Waals surface area contributed by atoms with Crippen molar-refractivity contribution in [1.29, 1.82) is 0 Å². The molecule has 0 fully saturated rings. The molecule has 1 aromatic rings. The number of hydrogen-bond acceptors (Lipinski definition) is 3. The van der Waals surface area contributed by atoms with Gasteiger partial charge < -0.3 is 10.1 Å². The number of nitrogens with one attached hydrogen (secondary N) is 1. The summed E-state index contributed by atoms with van der Waals surface area (Å²) in [5.41, 5.74) is 1.62. The van der Waals surface area contributed by atoms with Crippen molar-refractivity contribution in [2.75, 3.05) is 5.32 Å². The highest BCUT2D eigenvalue weighted by atomic mass is 127. The van der Waals surface area contributed by atoms with E-state index in [-0.39, 0.29) is 22.4 Å². The number of benzene rings is 1. The third-order valence-corrected chi connectivity index (χ3v) is 2.32. The summed E-state index contributed by atoms with van der Waals surface area (Å²) in [6.07, 6.45) is 0. The van der Waals surface area contributed by atoms with Crippen LogP contribution in [-0.2, 0) is 16.1 Å². The molecule has 1 amide bonds. The maximum absolute atomic E-state index is 11.2. The molecule has 0 aliphatic heterocycles. The van der Waals surface area contributed by atoms with E-state index in [1.165, 1.54) is 0 Å². The predicted octanol–water partition coefficient (Wildman–Crippen LogP) is 3.35. The zero-order valence-electron chi connectivity index (χ0n) is 9.70. The van der Waals surface area contributed by atoms with Gasteiger partial charge >= 0.3 is 5.97 Å². The summed E-state index contributed by atoms with van der Waals surface area (Å²) in [6.45, 7) is 3.85. The number of carbonyl (C=O) groups excluding carboxylic acids is 2. The third kappa shape index (κ3) is 5.16. The molecule has 17 heavy (non-hydrogen) atoms. The normalized spacial score (nSPS) is 10.1. The Hall–Kier alpha value is -1.11. The Morgan fingerprint density at radius 1 is 1.29 bits per heavy atom. The molecule has 0 saturated heterocycles. The van der Waals surface area contributed by atoms with Crippen molar-refractivity contribution in [3.05, 3.63) is 29.8 Å². The van der Waals surface area contributed by atoms with E-state index < -0.39 is 0 Å². The summed E-state index contributed by atoms with van der Waals surface area (Å²) in [7, 11) is 0. The molecular weight excluding hydrogens is 333 g/mol. The van der Waals surface area contributed by atoms with Crippen LogP contribution in [0.25, 0.3) is 0 Å². The van der Waals surface area contributed by atoms with Crippen LogP contribution in [0.3, 0.4) is 0 Å². The Morgan fingerprint density at radius 3 is 2.35 bits per heavy atom. The molecular formula is C12H14INO3. The van der Waals surface area contributed by atoms with Crippen LogP contribution >= 0.6 is 22.6 Å². The van der Waals surface area contributed by atoms with Crippen molar-refractivity contribution in [2.24, 2.45) is 5.92 Å². The second-order valence-electron chi connectivity index (χ2n) is 3.86. The van der Waals surface area contributed by atoms with Crippen LogP contribution in [0.15, 0.2) is 24.3 Å². The van der Waals surface area contributed by atoms with Crippen molar-refractivity contribution >= 4 is 38.2 Å². The molecule has 92 valence electrons. The maximum Gasteiger partial charge on any atom is 0.308 e. The van der Waals surface area contributed by atoms with Gasteiger partial charge in [0.1, 0.15) is 6.61 Å². The number of carbonyl (C=O) groups is 2. The lowest BCUT2D eigenvalue weighted by atomic mass is 10.2. The first-order chi connectivity index (χ1) is 7.99. The van der Waals surface area contributed by atoms with Gasteiger partial charge in [0.2, 0.25) is 0 Å². The number of hydrogen-bond donors (Lipinski definition) is 1. The minimum absolute atomic E-state index is 0.118. The number of amides is 1. The lowest BCUT2D eigenvalue weighted by Crippen LogP contribution is -2.11. The Labute approximate surface area is 114 Å². The van der Waals surface area contributed by atoms with Crippen molar-refractivity contribution < 1.29 is 14.3 Å². The topological polar surface area (TPSA) is 55.4 Å². The molecule has 0 spiro atoms. The van der Waals surface area contributed by atoms with Crippen LogP contribution in [0, 0.1) is 5.92 Å². The average Bonchev–Trinajstić information content (AvgIpc) is 2.26. The Bertz CT molecular complexity index is 401. The average molecular weight is 347 g/mol. The molecule has 0 heterocycles. The Morgan fingerprint density at radius 2 is 1.88 bits per heavy atom. The Kier molecular flexibility index (Phi) is 5.40. The minimum atomic E-state index is -0.213.